The summed E-state index contributed by atoms with van der Waals surface area (Å²) in [7, 11) is -3.17. The van der Waals surface area contributed by atoms with Gasteiger partial charge >= 0.3 is 0 Å². The Kier molecular flexibility index (Phi) is 13.3. The molecular formula is C48H47P4+. The van der Waals surface area contributed by atoms with Gasteiger partial charge in [0.1, 0.15) is 0 Å². The summed E-state index contributed by atoms with van der Waals surface area (Å²) in [4.78, 5) is 0. The number of rotatable bonds is 16. The first kappa shape index (κ1) is 36.6. The first-order chi connectivity index (χ1) is 25.8. The smallest absolute Gasteiger partial charge is 0.0622 e. The van der Waals surface area contributed by atoms with Gasteiger partial charge < -0.3 is 0 Å². The van der Waals surface area contributed by atoms with Crippen LogP contribution in [0.1, 0.15) is 0 Å². The average molecular weight is 748 g/mol. The highest BCUT2D eigenvalue weighted by Crippen LogP contribution is 2.62. The monoisotopic (exact) mass is 747 g/mol. The van der Waals surface area contributed by atoms with Crippen molar-refractivity contribution < 1.29 is 0 Å². The molecule has 0 heterocycles. The van der Waals surface area contributed by atoms with Gasteiger partial charge in [0.05, 0.1) is 23.8 Å². The molecule has 258 valence electrons. The summed E-state index contributed by atoms with van der Waals surface area (Å²) in [6, 6.07) is 79.9. The minimum atomic E-state index is -1.68. The maximum atomic E-state index is 2.49. The van der Waals surface area contributed by atoms with Crippen molar-refractivity contribution in [2.24, 2.45) is 0 Å². The van der Waals surface area contributed by atoms with E-state index >= 15 is 0 Å². The molecule has 7 aromatic rings. The van der Waals surface area contributed by atoms with Crippen molar-refractivity contribution in [2.75, 3.05) is 37.0 Å². The summed E-state index contributed by atoms with van der Waals surface area (Å²) in [5.41, 5.74) is 0. The molecular weight excluding hydrogens is 700 g/mol. The molecule has 0 aromatic heterocycles. The molecule has 4 heteroatoms. The fraction of sp³-hybridized carbons (Fsp3) is 0.125. The molecule has 0 saturated heterocycles. The quantitative estimate of drug-likeness (QED) is 0.0865. The Hall–Kier alpha value is -3.74. The number of benzene rings is 7. The predicted octanol–water partition coefficient (Wildman–Crippen LogP) is 9.73. The Bertz CT molecular complexity index is 1700. The van der Waals surface area contributed by atoms with Crippen LogP contribution in [0.25, 0.3) is 0 Å². The zero-order valence-corrected chi connectivity index (χ0v) is 33.3. The van der Waals surface area contributed by atoms with Gasteiger partial charge in [0, 0.05) is 25.7 Å². The summed E-state index contributed by atoms with van der Waals surface area (Å²) in [5, 5.41) is 10.5. The molecule has 0 aliphatic heterocycles. The largest absolute Gasteiger partial charge is 0.0939 e. The van der Waals surface area contributed by atoms with Gasteiger partial charge in [-0.15, -0.1) is 0 Å². The molecule has 0 aliphatic rings. The van der Waals surface area contributed by atoms with Crippen LogP contribution in [0.15, 0.2) is 212 Å². The zero-order chi connectivity index (χ0) is 35.3. The minimum Gasteiger partial charge on any atom is -0.0622 e. The molecule has 52 heavy (non-hydrogen) atoms. The molecule has 0 N–H and O–H groups in total. The Morgan fingerprint density at radius 3 is 0.654 bits per heavy atom. The second-order valence-electron chi connectivity index (χ2n) is 13.1. The highest BCUT2D eigenvalue weighted by Gasteiger charge is 2.42. The van der Waals surface area contributed by atoms with E-state index in [1.54, 1.807) is 5.30 Å². The Morgan fingerprint density at radius 2 is 0.442 bits per heavy atom. The van der Waals surface area contributed by atoms with E-state index in [4.69, 9.17) is 0 Å². The molecule has 0 radical (unpaired) electrons. The fourth-order valence-corrected chi connectivity index (χ4v) is 22.1. The van der Waals surface area contributed by atoms with E-state index in [1.807, 2.05) is 0 Å². The van der Waals surface area contributed by atoms with Gasteiger partial charge in [0.25, 0.3) is 0 Å². The van der Waals surface area contributed by atoms with Crippen molar-refractivity contribution in [1.29, 1.82) is 0 Å². The van der Waals surface area contributed by atoms with Crippen molar-refractivity contribution in [2.45, 2.75) is 0 Å². The third kappa shape index (κ3) is 9.43. The van der Waals surface area contributed by atoms with E-state index in [9.17, 15) is 0 Å². The second-order valence-corrected chi connectivity index (χ2v) is 24.3. The molecule has 0 amide bonds. The van der Waals surface area contributed by atoms with Crippen LogP contribution in [0.2, 0.25) is 0 Å². The lowest BCUT2D eigenvalue weighted by Crippen LogP contribution is -2.29. The van der Waals surface area contributed by atoms with Crippen LogP contribution in [0.4, 0.5) is 0 Å². The molecule has 0 saturated carbocycles. The normalized spacial score (nSPS) is 11.7. The molecule has 0 atom stereocenters. The molecule has 0 fully saturated rings. The first-order valence-electron chi connectivity index (χ1n) is 18.3. The molecule has 7 rings (SSSR count). The van der Waals surface area contributed by atoms with Crippen LogP contribution in [0.5, 0.6) is 0 Å². The average Bonchev–Trinajstić information content (AvgIpc) is 3.23. The van der Waals surface area contributed by atoms with Gasteiger partial charge in [0.2, 0.25) is 0 Å². The third-order valence-corrected chi connectivity index (χ3v) is 23.2. The van der Waals surface area contributed by atoms with E-state index in [0.29, 0.717) is 0 Å². The predicted molar refractivity (Wildman–Crippen MR) is 239 cm³/mol. The second kappa shape index (κ2) is 18.8. The topological polar surface area (TPSA) is 0 Å². The van der Waals surface area contributed by atoms with Crippen LogP contribution in [0, 0.1) is 0 Å². The van der Waals surface area contributed by atoms with Crippen molar-refractivity contribution in [3.63, 3.8) is 0 Å². The minimum absolute atomic E-state index is 0.495. The van der Waals surface area contributed by atoms with Crippen molar-refractivity contribution in [3.05, 3.63) is 212 Å². The number of hydrogen-bond acceptors (Lipinski definition) is 0. The molecule has 0 nitrogen and oxygen atoms in total. The van der Waals surface area contributed by atoms with Crippen LogP contribution in [0.3, 0.4) is 0 Å². The van der Waals surface area contributed by atoms with E-state index < -0.39 is 31.0 Å². The van der Waals surface area contributed by atoms with E-state index in [1.165, 1.54) is 68.8 Å². The van der Waals surface area contributed by atoms with Crippen molar-refractivity contribution in [3.8, 4) is 0 Å². The lowest BCUT2D eigenvalue weighted by atomic mass is 10.4. The molecule has 0 aliphatic carbocycles. The molecule has 0 unspecified atom stereocenters. The summed E-state index contributed by atoms with van der Waals surface area (Å²) < 4.78 is 0. The first-order valence-corrected chi connectivity index (χ1v) is 25.3. The van der Waals surface area contributed by atoms with E-state index in [2.05, 4.69) is 212 Å². The standard InChI is InChI=1S/C48H47P4/c1-8-22-42(23-9-1)49(43-24-10-2-11-25-43)36-39-52(48-34-20-7-21-35-48,40-37-50(44-26-12-3-13-27-44)45-28-14-4-15-29-45)41-38-51(46-30-16-5-17-31-46)47-32-18-6-19-33-47/h1-35H,36-41H2/q+1. The van der Waals surface area contributed by atoms with Crippen molar-refractivity contribution in [1.82, 2.24) is 0 Å². The maximum absolute atomic E-state index is 2.49. The lowest BCUT2D eigenvalue weighted by molar-refractivity contribution is 1.33. The van der Waals surface area contributed by atoms with Crippen LogP contribution >= 0.6 is 31.0 Å². The SMILES string of the molecule is c1ccc(P(CC[P+](CCP(c2ccccc2)c2ccccc2)(CCP(c2ccccc2)c2ccccc2)c2ccccc2)c2ccccc2)cc1. The number of hydrogen-bond donors (Lipinski definition) is 0. The van der Waals surface area contributed by atoms with Gasteiger partial charge in [-0.05, 0) is 67.7 Å². The van der Waals surface area contributed by atoms with Gasteiger partial charge in [-0.2, -0.15) is 0 Å². The van der Waals surface area contributed by atoms with Gasteiger partial charge in [-0.25, -0.2) is 0 Å². The Labute approximate surface area is 316 Å². The van der Waals surface area contributed by atoms with Crippen LogP contribution in [-0.2, 0) is 0 Å². The fourth-order valence-electron chi connectivity index (χ4n) is 7.21. The third-order valence-electron chi connectivity index (χ3n) is 9.97. The molecule has 0 spiro atoms. The summed E-state index contributed by atoms with van der Waals surface area (Å²) in [5.74, 6) is 0. The van der Waals surface area contributed by atoms with Gasteiger partial charge in [-0.3, -0.25) is 0 Å². The highest BCUT2D eigenvalue weighted by molar-refractivity contribution is 7.86. The highest BCUT2D eigenvalue weighted by atomic mass is 31.2. The summed E-state index contributed by atoms with van der Waals surface area (Å²) in [6.45, 7) is 0. The van der Waals surface area contributed by atoms with E-state index in [-0.39, 0.29) is 0 Å². The Balaban J connectivity index is 1.31. The molecule has 0 bridgehead atoms. The zero-order valence-electron chi connectivity index (χ0n) is 29.7. The van der Waals surface area contributed by atoms with Crippen molar-refractivity contribution >= 4 is 68.2 Å². The van der Waals surface area contributed by atoms with Gasteiger partial charge in [-0.1, -0.05) is 200 Å². The van der Waals surface area contributed by atoms with Crippen LogP contribution in [-0.4, -0.2) is 37.0 Å². The Morgan fingerprint density at radius 1 is 0.250 bits per heavy atom. The molecule has 7 aromatic carbocycles. The van der Waals surface area contributed by atoms with E-state index in [0.717, 1.165) is 0 Å². The summed E-state index contributed by atoms with van der Waals surface area (Å²) >= 11 is 0. The maximum Gasteiger partial charge on any atom is 0.0939 e. The van der Waals surface area contributed by atoms with Gasteiger partial charge in [0.15, 0.2) is 0 Å². The van der Waals surface area contributed by atoms with Crippen LogP contribution < -0.4 is 37.1 Å². The summed E-state index contributed by atoms with van der Waals surface area (Å²) in [6.07, 6.45) is 7.38. The lowest BCUT2D eigenvalue weighted by Gasteiger charge is -2.33.